The van der Waals surface area contributed by atoms with Gasteiger partial charge in [0.25, 0.3) is 0 Å². The predicted octanol–water partition coefficient (Wildman–Crippen LogP) is 4.14. The van der Waals surface area contributed by atoms with Crippen LogP contribution in [0.25, 0.3) is 0 Å². The van der Waals surface area contributed by atoms with Crippen LogP contribution in [0.4, 0.5) is 13.2 Å². The van der Waals surface area contributed by atoms with E-state index in [0.29, 0.717) is 5.92 Å². The number of hydrogen-bond donors (Lipinski definition) is 0. The van der Waals surface area contributed by atoms with E-state index in [1.807, 2.05) is 0 Å². The summed E-state index contributed by atoms with van der Waals surface area (Å²) in [6.07, 6.45) is -1.03. The highest BCUT2D eigenvalue weighted by Gasteiger charge is 2.34. The van der Waals surface area contributed by atoms with Crippen molar-refractivity contribution in [2.24, 2.45) is 11.8 Å². The minimum atomic E-state index is -3.97. The second-order valence-electron chi connectivity index (χ2n) is 3.87. The van der Waals surface area contributed by atoms with Crippen LogP contribution < -0.4 is 0 Å². The SMILES string of the molecule is FC(F)(F)CC1CCCC(CBr)C1. The average Bonchev–Trinajstić information content (AvgIpc) is 2.01. The Hall–Kier alpha value is 0.270. The highest BCUT2D eigenvalue weighted by atomic mass is 79.9. The zero-order valence-corrected chi connectivity index (χ0v) is 9.00. The van der Waals surface area contributed by atoms with Crippen LogP contribution in [0.15, 0.2) is 0 Å². The van der Waals surface area contributed by atoms with E-state index < -0.39 is 12.6 Å². The zero-order valence-electron chi connectivity index (χ0n) is 7.41. The van der Waals surface area contributed by atoms with E-state index in [0.717, 1.165) is 31.0 Å². The molecule has 13 heavy (non-hydrogen) atoms. The smallest absolute Gasteiger partial charge is 0.171 e. The van der Waals surface area contributed by atoms with E-state index in [4.69, 9.17) is 0 Å². The topological polar surface area (TPSA) is 0 Å². The molecule has 4 heteroatoms. The molecule has 0 bridgehead atoms. The lowest BCUT2D eigenvalue weighted by molar-refractivity contribution is -0.147. The van der Waals surface area contributed by atoms with Crippen LogP contribution in [0.3, 0.4) is 0 Å². The van der Waals surface area contributed by atoms with E-state index in [2.05, 4.69) is 15.9 Å². The van der Waals surface area contributed by atoms with Gasteiger partial charge in [0.2, 0.25) is 0 Å². The third-order valence-electron chi connectivity index (χ3n) is 2.63. The van der Waals surface area contributed by atoms with E-state index in [9.17, 15) is 13.2 Å². The number of halogens is 4. The Kier molecular flexibility index (Phi) is 4.07. The summed E-state index contributed by atoms with van der Waals surface area (Å²) in [6.45, 7) is 0. The van der Waals surface area contributed by atoms with Crippen molar-refractivity contribution in [2.75, 3.05) is 5.33 Å². The maximum absolute atomic E-state index is 12.1. The van der Waals surface area contributed by atoms with E-state index in [1.54, 1.807) is 0 Å². The second-order valence-corrected chi connectivity index (χ2v) is 4.52. The van der Waals surface area contributed by atoms with Gasteiger partial charge in [-0.15, -0.1) is 0 Å². The van der Waals surface area contributed by atoms with Gasteiger partial charge in [0.15, 0.2) is 0 Å². The van der Waals surface area contributed by atoms with Crippen molar-refractivity contribution >= 4 is 15.9 Å². The van der Waals surface area contributed by atoms with Crippen LogP contribution in [0, 0.1) is 11.8 Å². The number of hydrogen-bond acceptors (Lipinski definition) is 0. The summed E-state index contributed by atoms with van der Waals surface area (Å²) in [6, 6.07) is 0. The molecular weight excluding hydrogens is 245 g/mol. The third-order valence-corrected chi connectivity index (χ3v) is 3.55. The molecule has 0 aliphatic heterocycles. The molecule has 1 fully saturated rings. The molecule has 0 N–H and O–H groups in total. The quantitative estimate of drug-likeness (QED) is 0.654. The molecule has 2 unspecified atom stereocenters. The lowest BCUT2D eigenvalue weighted by atomic mass is 9.81. The van der Waals surface area contributed by atoms with E-state index in [1.165, 1.54) is 0 Å². The molecule has 1 saturated carbocycles. The lowest BCUT2D eigenvalue weighted by Gasteiger charge is -2.28. The highest BCUT2D eigenvalue weighted by Crippen LogP contribution is 2.37. The Morgan fingerprint density at radius 1 is 1.15 bits per heavy atom. The van der Waals surface area contributed by atoms with Gasteiger partial charge in [-0.2, -0.15) is 13.2 Å². The number of alkyl halides is 4. The fourth-order valence-corrected chi connectivity index (χ4v) is 2.64. The Balaban J connectivity index is 2.34. The van der Waals surface area contributed by atoms with Crippen molar-refractivity contribution in [2.45, 2.75) is 38.3 Å². The lowest BCUT2D eigenvalue weighted by Crippen LogP contribution is -2.22. The van der Waals surface area contributed by atoms with Crippen LogP contribution in [-0.2, 0) is 0 Å². The van der Waals surface area contributed by atoms with E-state index in [-0.39, 0.29) is 5.92 Å². The minimum absolute atomic E-state index is 0.128. The molecule has 0 nitrogen and oxygen atoms in total. The molecule has 0 radical (unpaired) electrons. The predicted molar refractivity (Wildman–Crippen MR) is 49.9 cm³/mol. The van der Waals surface area contributed by atoms with Gasteiger partial charge in [-0.25, -0.2) is 0 Å². The molecule has 0 aromatic heterocycles. The first-order chi connectivity index (χ1) is 6.01. The molecule has 1 aliphatic rings. The van der Waals surface area contributed by atoms with Crippen molar-refractivity contribution in [3.8, 4) is 0 Å². The molecular formula is C9H14BrF3. The van der Waals surface area contributed by atoms with Crippen molar-refractivity contribution in [1.82, 2.24) is 0 Å². The summed E-state index contributed by atoms with van der Waals surface area (Å²) in [7, 11) is 0. The summed E-state index contributed by atoms with van der Waals surface area (Å²) < 4.78 is 36.2. The van der Waals surface area contributed by atoms with Gasteiger partial charge in [0.1, 0.15) is 0 Å². The van der Waals surface area contributed by atoms with Crippen molar-refractivity contribution in [3.63, 3.8) is 0 Å². The van der Waals surface area contributed by atoms with Crippen LogP contribution in [0.5, 0.6) is 0 Å². The largest absolute Gasteiger partial charge is 0.389 e. The summed E-state index contributed by atoms with van der Waals surface area (Å²) >= 11 is 3.34. The molecule has 1 aliphatic carbocycles. The van der Waals surface area contributed by atoms with Gasteiger partial charge in [-0.1, -0.05) is 28.8 Å². The molecule has 0 spiro atoms. The molecule has 0 aromatic rings. The molecule has 0 heterocycles. The average molecular weight is 259 g/mol. The fourth-order valence-electron chi connectivity index (χ4n) is 2.06. The zero-order chi connectivity index (χ0) is 9.90. The van der Waals surface area contributed by atoms with E-state index >= 15 is 0 Å². The monoisotopic (exact) mass is 258 g/mol. The van der Waals surface area contributed by atoms with Crippen molar-refractivity contribution < 1.29 is 13.2 Å². The van der Waals surface area contributed by atoms with Crippen LogP contribution in [-0.4, -0.2) is 11.5 Å². The summed E-state index contributed by atoms with van der Waals surface area (Å²) in [5, 5.41) is 0.849. The van der Waals surface area contributed by atoms with Gasteiger partial charge in [0.05, 0.1) is 0 Å². The van der Waals surface area contributed by atoms with Crippen LogP contribution in [0.2, 0.25) is 0 Å². The maximum atomic E-state index is 12.1. The highest BCUT2D eigenvalue weighted by molar-refractivity contribution is 9.09. The van der Waals surface area contributed by atoms with Crippen LogP contribution in [0.1, 0.15) is 32.1 Å². The van der Waals surface area contributed by atoms with Gasteiger partial charge >= 0.3 is 6.18 Å². The Morgan fingerprint density at radius 3 is 2.31 bits per heavy atom. The summed E-state index contributed by atoms with van der Waals surface area (Å²) in [5.41, 5.74) is 0. The Labute approximate surface area is 85.0 Å². The maximum Gasteiger partial charge on any atom is 0.389 e. The van der Waals surface area contributed by atoms with Crippen LogP contribution >= 0.6 is 15.9 Å². The molecule has 0 aromatic carbocycles. The first-order valence-corrected chi connectivity index (χ1v) is 5.76. The Bertz CT molecular complexity index is 155. The first kappa shape index (κ1) is 11.3. The standard InChI is InChI=1S/C9H14BrF3/c10-6-8-3-1-2-7(4-8)5-9(11,12)13/h7-8H,1-6H2. The Morgan fingerprint density at radius 2 is 1.77 bits per heavy atom. The second kappa shape index (κ2) is 4.67. The van der Waals surface area contributed by atoms with Crippen molar-refractivity contribution in [3.05, 3.63) is 0 Å². The summed E-state index contributed by atoms with van der Waals surface area (Å²) in [4.78, 5) is 0. The molecule has 1 rings (SSSR count). The third kappa shape index (κ3) is 4.34. The number of rotatable bonds is 2. The minimum Gasteiger partial charge on any atom is -0.171 e. The van der Waals surface area contributed by atoms with Crippen molar-refractivity contribution in [1.29, 1.82) is 0 Å². The van der Waals surface area contributed by atoms with Gasteiger partial charge in [0, 0.05) is 11.8 Å². The molecule has 0 saturated heterocycles. The normalized spacial score (nSPS) is 30.5. The van der Waals surface area contributed by atoms with Gasteiger partial charge < -0.3 is 0 Å². The fraction of sp³-hybridized carbons (Fsp3) is 1.00. The summed E-state index contributed by atoms with van der Waals surface area (Å²) in [5.74, 6) is 0.331. The van der Waals surface area contributed by atoms with Gasteiger partial charge in [-0.05, 0) is 24.7 Å². The molecule has 0 amide bonds. The molecule has 2 atom stereocenters. The van der Waals surface area contributed by atoms with Gasteiger partial charge in [-0.3, -0.25) is 0 Å². The molecule has 78 valence electrons. The first-order valence-electron chi connectivity index (χ1n) is 4.64.